The van der Waals surface area contributed by atoms with Gasteiger partial charge in [0, 0.05) is 44.3 Å². The van der Waals surface area contributed by atoms with Crippen molar-refractivity contribution in [2.45, 2.75) is 13.3 Å². The molecule has 0 radical (unpaired) electrons. The van der Waals surface area contributed by atoms with E-state index in [0.29, 0.717) is 18.1 Å². The van der Waals surface area contributed by atoms with Crippen LogP contribution in [0, 0.1) is 0 Å². The van der Waals surface area contributed by atoms with E-state index in [0.717, 1.165) is 17.7 Å². The summed E-state index contributed by atoms with van der Waals surface area (Å²) in [5.41, 5.74) is 2.91. The van der Waals surface area contributed by atoms with Gasteiger partial charge in [0.1, 0.15) is 0 Å². The van der Waals surface area contributed by atoms with Gasteiger partial charge in [-0.05, 0) is 60.5 Å². The van der Waals surface area contributed by atoms with E-state index in [1.54, 1.807) is 48.6 Å². The quantitative estimate of drug-likeness (QED) is 0.643. The number of pyridine rings is 1. The number of hydrogen-bond donors (Lipinski definition) is 2. The third-order valence-corrected chi connectivity index (χ3v) is 4.19. The molecule has 2 amide bonds. The zero-order valence-corrected chi connectivity index (χ0v) is 16.3. The normalized spacial score (nSPS) is 10.3. The molecule has 0 unspecified atom stereocenters. The Bertz CT molecular complexity index is 959. The maximum Gasteiger partial charge on any atom is 0.274 e. The van der Waals surface area contributed by atoms with E-state index in [-0.39, 0.29) is 17.5 Å². The molecule has 8 heteroatoms. The van der Waals surface area contributed by atoms with Crippen LogP contribution in [0.5, 0.6) is 0 Å². The highest BCUT2D eigenvalue weighted by Gasteiger charge is 2.14. The lowest BCUT2D eigenvalue weighted by Gasteiger charge is -2.16. The van der Waals surface area contributed by atoms with Crippen LogP contribution in [0.1, 0.15) is 23.0 Å². The Hall–Kier alpha value is -3.81. The SMILES string of the molecule is CC(=O)Nc1ccc(Nc2ccc(C(=O)N(C)CCc3ccncc3)nn2)cc1. The number of aromatic nitrogens is 3. The number of amides is 2. The van der Waals surface area contributed by atoms with Crippen molar-refractivity contribution in [2.24, 2.45) is 0 Å². The fourth-order valence-electron chi connectivity index (χ4n) is 2.64. The molecule has 2 aromatic heterocycles. The average molecular weight is 390 g/mol. The lowest BCUT2D eigenvalue weighted by molar-refractivity contribution is -0.114. The minimum absolute atomic E-state index is 0.123. The van der Waals surface area contributed by atoms with Crippen LogP contribution in [0.4, 0.5) is 17.2 Å². The van der Waals surface area contributed by atoms with Gasteiger partial charge in [0.15, 0.2) is 11.5 Å². The number of likely N-dealkylation sites (N-methyl/N-ethyl adjacent to an activating group) is 1. The van der Waals surface area contributed by atoms with Crippen LogP contribution in [-0.2, 0) is 11.2 Å². The van der Waals surface area contributed by atoms with E-state index in [1.807, 2.05) is 24.3 Å². The summed E-state index contributed by atoms with van der Waals surface area (Å²) in [6, 6.07) is 14.4. The van der Waals surface area contributed by atoms with Gasteiger partial charge in [-0.15, -0.1) is 10.2 Å². The molecule has 0 aliphatic heterocycles. The highest BCUT2D eigenvalue weighted by Crippen LogP contribution is 2.17. The number of carbonyl (C=O) groups excluding carboxylic acids is 2. The van der Waals surface area contributed by atoms with Gasteiger partial charge in [0.25, 0.3) is 5.91 Å². The van der Waals surface area contributed by atoms with Crippen molar-refractivity contribution < 1.29 is 9.59 Å². The summed E-state index contributed by atoms with van der Waals surface area (Å²) < 4.78 is 0. The molecule has 148 valence electrons. The summed E-state index contributed by atoms with van der Waals surface area (Å²) in [6.45, 7) is 2.03. The van der Waals surface area contributed by atoms with Crippen molar-refractivity contribution in [1.82, 2.24) is 20.1 Å². The van der Waals surface area contributed by atoms with Crippen molar-refractivity contribution in [3.05, 3.63) is 72.2 Å². The number of nitrogens with one attached hydrogen (secondary N) is 2. The molecule has 0 aliphatic rings. The number of hydrogen-bond acceptors (Lipinski definition) is 6. The third-order valence-electron chi connectivity index (χ3n) is 4.19. The van der Waals surface area contributed by atoms with Crippen molar-refractivity contribution in [2.75, 3.05) is 24.2 Å². The van der Waals surface area contributed by atoms with Crippen LogP contribution in [0.15, 0.2) is 60.9 Å². The smallest absolute Gasteiger partial charge is 0.274 e. The minimum atomic E-state index is -0.183. The van der Waals surface area contributed by atoms with Crippen LogP contribution >= 0.6 is 0 Å². The molecular weight excluding hydrogens is 368 g/mol. The fourth-order valence-corrected chi connectivity index (χ4v) is 2.64. The first-order chi connectivity index (χ1) is 14.0. The number of rotatable bonds is 7. The number of nitrogens with zero attached hydrogens (tertiary/aromatic N) is 4. The predicted molar refractivity (Wildman–Crippen MR) is 111 cm³/mol. The second-order valence-electron chi connectivity index (χ2n) is 6.52. The fraction of sp³-hybridized carbons (Fsp3) is 0.190. The molecular formula is C21H22N6O2. The predicted octanol–water partition coefficient (Wildman–Crippen LogP) is 2.89. The number of anilines is 3. The Balaban J connectivity index is 1.56. The van der Waals surface area contributed by atoms with E-state index >= 15 is 0 Å². The molecule has 3 rings (SSSR count). The van der Waals surface area contributed by atoms with Crippen LogP contribution in [-0.4, -0.2) is 45.5 Å². The first-order valence-electron chi connectivity index (χ1n) is 9.14. The van der Waals surface area contributed by atoms with Gasteiger partial charge < -0.3 is 15.5 Å². The second kappa shape index (κ2) is 9.41. The first kappa shape index (κ1) is 19.9. The zero-order valence-electron chi connectivity index (χ0n) is 16.3. The molecule has 29 heavy (non-hydrogen) atoms. The summed E-state index contributed by atoms with van der Waals surface area (Å²) in [6.07, 6.45) is 4.22. The molecule has 2 N–H and O–H groups in total. The summed E-state index contributed by atoms with van der Waals surface area (Å²) >= 11 is 0. The van der Waals surface area contributed by atoms with E-state index in [1.165, 1.54) is 6.92 Å². The van der Waals surface area contributed by atoms with E-state index in [4.69, 9.17) is 0 Å². The molecule has 0 saturated carbocycles. The molecule has 8 nitrogen and oxygen atoms in total. The molecule has 2 heterocycles. The summed E-state index contributed by atoms with van der Waals surface area (Å²) in [7, 11) is 1.74. The van der Waals surface area contributed by atoms with Gasteiger partial charge in [-0.25, -0.2) is 0 Å². The number of benzene rings is 1. The summed E-state index contributed by atoms with van der Waals surface area (Å²) in [5.74, 6) is 0.216. The molecule has 0 saturated heterocycles. The van der Waals surface area contributed by atoms with E-state index < -0.39 is 0 Å². The van der Waals surface area contributed by atoms with Crippen LogP contribution in [0.25, 0.3) is 0 Å². The topological polar surface area (TPSA) is 100 Å². The lowest BCUT2D eigenvalue weighted by Crippen LogP contribution is -2.29. The molecule has 3 aromatic rings. The molecule has 0 fully saturated rings. The Labute approximate surface area is 169 Å². The molecule has 1 aromatic carbocycles. The maximum atomic E-state index is 12.5. The Kier molecular flexibility index (Phi) is 6.47. The van der Waals surface area contributed by atoms with Crippen LogP contribution in [0.2, 0.25) is 0 Å². The third kappa shape index (κ3) is 5.83. The van der Waals surface area contributed by atoms with E-state index in [9.17, 15) is 9.59 Å². The highest BCUT2D eigenvalue weighted by molar-refractivity contribution is 5.92. The highest BCUT2D eigenvalue weighted by atomic mass is 16.2. The molecule has 0 spiro atoms. The standard InChI is InChI=1S/C21H22N6O2/c1-15(28)23-17-3-5-18(6-4-17)24-20-8-7-19(25-26-20)21(29)27(2)14-11-16-9-12-22-13-10-16/h3-10,12-13H,11,14H2,1-2H3,(H,23,28)(H,24,26). The average Bonchev–Trinajstić information content (AvgIpc) is 2.74. The van der Waals surface area contributed by atoms with Crippen molar-refractivity contribution >= 4 is 29.0 Å². The van der Waals surface area contributed by atoms with Gasteiger partial charge in [-0.3, -0.25) is 14.6 Å². The second-order valence-corrected chi connectivity index (χ2v) is 6.52. The van der Waals surface area contributed by atoms with Gasteiger partial charge in [-0.2, -0.15) is 0 Å². The zero-order chi connectivity index (χ0) is 20.6. The Morgan fingerprint density at radius 3 is 2.24 bits per heavy atom. The monoisotopic (exact) mass is 390 g/mol. The molecule has 0 aliphatic carbocycles. The summed E-state index contributed by atoms with van der Waals surface area (Å²) in [4.78, 5) is 29.2. The van der Waals surface area contributed by atoms with Crippen LogP contribution in [0.3, 0.4) is 0 Å². The molecule has 0 atom stereocenters. The lowest BCUT2D eigenvalue weighted by atomic mass is 10.2. The summed E-state index contributed by atoms with van der Waals surface area (Å²) in [5, 5.41) is 13.9. The number of carbonyl (C=O) groups is 2. The van der Waals surface area contributed by atoms with Crippen molar-refractivity contribution in [3.8, 4) is 0 Å². The Morgan fingerprint density at radius 2 is 1.62 bits per heavy atom. The molecule has 0 bridgehead atoms. The van der Waals surface area contributed by atoms with Gasteiger partial charge >= 0.3 is 0 Å². The Morgan fingerprint density at radius 1 is 0.931 bits per heavy atom. The van der Waals surface area contributed by atoms with Crippen molar-refractivity contribution in [1.29, 1.82) is 0 Å². The van der Waals surface area contributed by atoms with Crippen molar-refractivity contribution in [3.63, 3.8) is 0 Å². The largest absolute Gasteiger partial charge is 0.340 e. The van der Waals surface area contributed by atoms with E-state index in [2.05, 4.69) is 25.8 Å². The minimum Gasteiger partial charge on any atom is -0.340 e. The maximum absolute atomic E-state index is 12.5. The van der Waals surface area contributed by atoms with Gasteiger partial charge in [-0.1, -0.05) is 0 Å². The first-order valence-corrected chi connectivity index (χ1v) is 9.14. The van der Waals surface area contributed by atoms with Gasteiger partial charge in [0.2, 0.25) is 5.91 Å². The van der Waals surface area contributed by atoms with Crippen LogP contribution < -0.4 is 10.6 Å². The van der Waals surface area contributed by atoms with Gasteiger partial charge in [0.05, 0.1) is 0 Å².